The minimum atomic E-state index is -3.06. The number of amides is 2. The minimum absolute atomic E-state index is 0.0530. The van der Waals surface area contributed by atoms with Crippen LogP contribution in [-0.2, 0) is 14.3 Å². The molecule has 0 unspecified atom stereocenters. The average molecular weight is 361 g/mol. The second kappa shape index (κ2) is 9.40. The number of halogens is 2. The lowest BCUT2D eigenvalue weighted by atomic mass is 10.2. The van der Waals surface area contributed by atoms with Gasteiger partial charge in [0.15, 0.2) is 17.6 Å². The van der Waals surface area contributed by atoms with Crippen LogP contribution in [-0.4, -0.2) is 44.4 Å². The summed E-state index contributed by atoms with van der Waals surface area (Å²) in [6, 6.07) is 3.44. The van der Waals surface area contributed by atoms with Crippen molar-refractivity contribution in [2.24, 2.45) is 0 Å². The van der Waals surface area contributed by atoms with Crippen LogP contribution in [0.25, 0.3) is 0 Å². The number of ether oxygens (including phenoxy) is 4. The molecular formula is C15H17F2NO7. The molecule has 0 saturated carbocycles. The molecule has 1 N–H and O–H groups in total. The molecule has 0 aliphatic heterocycles. The maximum absolute atomic E-state index is 12.3. The van der Waals surface area contributed by atoms with Crippen LogP contribution in [0.2, 0.25) is 0 Å². The summed E-state index contributed by atoms with van der Waals surface area (Å²) in [5.41, 5.74) is -0.0530. The van der Waals surface area contributed by atoms with E-state index in [1.54, 1.807) is 6.92 Å². The Morgan fingerprint density at radius 3 is 2.44 bits per heavy atom. The van der Waals surface area contributed by atoms with Gasteiger partial charge in [0.2, 0.25) is 0 Å². The van der Waals surface area contributed by atoms with Gasteiger partial charge < -0.3 is 18.9 Å². The normalized spacial score (nSPS) is 11.4. The monoisotopic (exact) mass is 361 g/mol. The van der Waals surface area contributed by atoms with Crippen LogP contribution >= 0.6 is 0 Å². The smallest absolute Gasteiger partial charge is 0.413 e. The van der Waals surface area contributed by atoms with Crippen molar-refractivity contribution in [2.75, 3.05) is 13.7 Å². The maximum Gasteiger partial charge on any atom is 0.413 e. The van der Waals surface area contributed by atoms with E-state index in [1.807, 2.05) is 5.32 Å². The number of nitrogens with one attached hydrogen (secondary N) is 1. The summed E-state index contributed by atoms with van der Waals surface area (Å²) in [6.45, 7) is -0.0422. The van der Waals surface area contributed by atoms with Crippen molar-refractivity contribution in [3.05, 3.63) is 23.8 Å². The number of hydrogen-bond acceptors (Lipinski definition) is 7. The van der Waals surface area contributed by atoms with E-state index in [9.17, 15) is 23.2 Å². The lowest BCUT2D eigenvalue weighted by Crippen LogP contribution is -2.39. The largest absolute Gasteiger partial charge is 0.490 e. The Morgan fingerprint density at radius 2 is 1.88 bits per heavy atom. The molecule has 8 nitrogen and oxygen atoms in total. The van der Waals surface area contributed by atoms with E-state index in [4.69, 9.17) is 9.47 Å². The molecule has 0 radical (unpaired) electrons. The first-order valence-corrected chi connectivity index (χ1v) is 7.09. The zero-order chi connectivity index (χ0) is 19.0. The number of alkyl halides is 2. The van der Waals surface area contributed by atoms with Gasteiger partial charge >= 0.3 is 18.7 Å². The molecule has 0 aliphatic carbocycles. The third kappa shape index (κ3) is 6.24. The number of hydrogen-bond donors (Lipinski definition) is 1. The third-order valence-corrected chi connectivity index (χ3v) is 2.76. The molecule has 10 heteroatoms. The molecule has 0 spiro atoms. The molecule has 1 aromatic rings. The molecule has 25 heavy (non-hydrogen) atoms. The number of carbonyl (C=O) groups excluding carboxylic acids is 3. The number of alkyl carbamates (subject to hydrolysis) is 1. The highest BCUT2D eigenvalue weighted by Crippen LogP contribution is 2.30. The second-order valence-electron chi connectivity index (χ2n) is 4.50. The first-order valence-electron chi connectivity index (χ1n) is 7.09. The Bertz CT molecular complexity index is 636. The van der Waals surface area contributed by atoms with E-state index < -0.39 is 30.7 Å². The number of imide groups is 1. The molecule has 0 bridgehead atoms. The summed E-state index contributed by atoms with van der Waals surface area (Å²) in [7, 11) is 1.07. The molecule has 1 aromatic carbocycles. The van der Waals surface area contributed by atoms with Crippen LogP contribution in [0.4, 0.5) is 13.6 Å². The summed E-state index contributed by atoms with van der Waals surface area (Å²) in [4.78, 5) is 34.6. The molecule has 138 valence electrons. The lowest BCUT2D eigenvalue weighted by molar-refractivity contribution is -0.128. The molecule has 2 amide bonds. The van der Waals surface area contributed by atoms with Crippen molar-refractivity contribution in [3.63, 3.8) is 0 Å². The van der Waals surface area contributed by atoms with Gasteiger partial charge in [0.25, 0.3) is 5.91 Å². The van der Waals surface area contributed by atoms with Gasteiger partial charge in [-0.15, -0.1) is 0 Å². The van der Waals surface area contributed by atoms with Crippen LogP contribution in [0, 0.1) is 0 Å². The lowest BCUT2D eigenvalue weighted by Gasteiger charge is -2.14. The van der Waals surface area contributed by atoms with Gasteiger partial charge in [-0.05, 0) is 32.0 Å². The molecule has 0 heterocycles. The highest BCUT2D eigenvalue weighted by Gasteiger charge is 2.22. The Labute approximate surface area is 142 Å². The summed E-state index contributed by atoms with van der Waals surface area (Å²) in [5, 5.41) is 1.84. The van der Waals surface area contributed by atoms with Gasteiger partial charge in [-0.3, -0.25) is 10.1 Å². The van der Waals surface area contributed by atoms with Crippen molar-refractivity contribution in [1.29, 1.82) is 0 Å². The van der Waals surface area contributed by atoms with E-state index in [0.29, 0.717) is 0 Å². The van der Waals surface area contributed by atoms with Crippen LogP contribution in [0.3, 0.4) is 0 Å². The van der Waals surface area contributed by atoms with Crippen molar-refractivity contribution in [3.8, 4) is 11.5 Å². The highest BCUT2D eigenvalue weighted by molar-refractivity contribution is 5.97. The van der Waals surface area contributed by atoms with Crippen molar-refractivity contribution in [1.82, 2.24) is 5.32 Å². The average Bonchev–Trinajstić information content (AvgIpc) is 2.55. The summed E-state index contributed by atoms with van der Waals surface area (Å²) < 4.78 is 43.2. The summed E-state index contributed by atoms with van der Waals surface area (Å²) in [6.07, 6.45) is -2.29. The third-order valence-electron chi connectivity index (χ3n) is 2.76. The number of methoxy groups -OCH3 is 1. The van der Waals surface area contributed by atoms with E-state index in [0.717, 1.165) is 19.2 Å². The summed E-state index contributed by atoms with van der Waals surface area (Å²) >= 11 is 0. The molecule has 0 fully saturated rings. The SMILES string of the molecule is CCOc1cc(C(=O)O[C@@H](C)C(=O)NC(=O)OC)ccc1OC(F)F. The van der Waals surface area contributed by atoms with Crippen LogP contribution < -0.4 is 14.8 Å². The quantitative estimate of drug-likeness (QED) is 0.743. The van der Waals surface area contributed by atoms with E-state index in [-0.39, 0.29) is 23.7 Å². The molecular weight excluding hydrogens is 344 g/mol. The maximum atomic E-state index is 12.3. The number of carbonyl (C=O) groups is 3. The van der Waals surface area contributed by atoms with Gasteiger partial charge in [-0.1, -0.05) is 0 Å². The van der Waals surface area contributed by atoms with E-state index in [1.165, 1.54) is 13.0 Å². The Kier molecular flexibility index (Phi) is 7.57. The van der Waals surface area contributed by atoms with Gasteiger partial charge in [-0.2, -0.15) is 8.78 Å². The Balaban J connectivity index is 2.85. The summed E-state index contributed by atoms with van der Waals surface area (Å²) in [5.74, 6) is -2.13. The molecule has 1 atom stereocenters. The predicted octanol–water partition coefficient (Wildman–Crippen LogP) is 2.11. The first-order chi connectivity index (χ1) is 11.8. The first kappa shape index (κ1) is 20.1. The van der Waals surface area contributed by atoms with E-state index in [2.05, 4.69) is 9.47 Å². The van der Waals surface area contributed by atoms with Crippen LogP contribution in [0.5, 0.6) is 11.5 Å². The topological polar surface area (TPSA) is 100 Å². The van der Waals surface area contributed by atoms with E-state index >= 15 is 0 Å². The number of esters is 1. The fourth-order valence-corrected chi connectivity index (χ4v) is 1.63. The minimum Gasteiger partial charge on any atom is -0.490 e. The highest BCUT2D eigenvalue weighted by atomic mass is 19.3. The molecule has 0 aromatic heterocycles. The van der Waals surface area contributed by atoms with Crippen molar-refractivity contribution < 1.29 is 42.1 Å². The van der Waals surface area contributed by atoms with Gasteiger partial charge in [0.05, 0.1) is 19.3 Å². The Hall–Kier alpha value is -2.91. The van der Waals surface area contributed by atoms with Crippen LogP contribution in [0.15, 0.2) is 18.2 Å². The number of rotatable bonds is 7. The zero-order valence-corrected chi connectivity index (χ0v) is 13.7. The number of benzene rings is 1. The van der Waals surface area contributed by atoms with Crippen LogP contribution in [0.1, 0.15) is 24.2 Å². The fraction of sp³-hybridized carbons (Fsp3) is 0.400. The zero-order valence-electron chi connectivity index (χ0n) is 13.7. The van der Waals surface area contributed by atoms with Gasteiger partial charge in [-0.25, -0.2) is 9.59 Å². The van der Waals surface area contributed by atoms with Gasteiger partial charge in [0, 0.05) is 0 Å². The Morgan fingerprint density at radius 1 is 1.20 bits per heavy atom. The van der Waals surface area contributed by atoms with Crippen molar-refractivity contribution >= 4 is 18.0 Å². The predicted molar refractivity (Wildman–Crippen MR) is 79.7 cm³/mol. The van der Waals surface area contributed by atoms with Gasteiger partial charge in [0.1, 0.15) is 0 Å². The standard InChI is InChI=1S/C15H17F2NO7/c1-4-23-11-7-9(5-6-10(11)25-14(16)17)13(20)24-8(2)12(19)18-15(21)22-3/h5-8,14H,4H2,1-3H3,(H,18,19,21)/t8-/m0/s1. The molecule has 0 saturated heterocycles. The molecule has 0 aliphatic rings. The van der Waals surface area contributed by atoms with Crippen molar-refractivity contribution in [2.45, 2.75) is 26.6 Å². The second-order valence-corrected chi connectivity index (χ2v) is 4.50. The molecule has 1 rings (SSSR count). The fourth-order valence-electron chi connectivity index (χ4n) is 1.63.